The summed E-state index contributed by atoms with van der Waals surface area (Å²) in [4.78, 5) is 0. The molecule has 2 rings (SSSR count). The van der Waals surface area contributed by atoms with Gasteiger partial charge in [0.15, 0.2) is 0 Å². The molecule has 2 nitrogen and oxygen atoms in total. The molecule has 11 heavy (non-hydrogen) atoms. The summed E-state index contributed by atoms with van der Waals surface area (Å²) in [5.41, 5.74) is 0. The third-order valence-electron chi connectivity index (χ3n) is 3.15. The summed E-state index contributed by atoms with van der Waals surface area (Å²) in [5.74, 6) is 0.567. The number of nitrogens with one attached hydrogen (secondary N) is 1. The Kier molecular flexibility index (Phi) is 2.14. The van der Waals surface area contributed by atoms with Crippen LogP contribution >= 0.6 is 0 Å². The van der Waals surface area contributed by atoms with Crippen molar-refractivity contribution in [2.24, 2.45) is 5.92 Å². The summed E-state index contributed by atoms with van der Waals surface area (Å²) in [6.07, 6.45) is 6.06. The summed E-state index contributed by atoms with van der Waals surface area (Å²) in [6, 6.07) is 0.632. The lowest BCUT2D eigenvalue weighted by Gasteiger charge is -2.21. The fourth-order valence-corrected chi connectivity index (χ4v) is 2.52. The molecule has 0 aromatic carbocycles. The van der Waals surface area contributed by atoms with Crippen molar-refractivity contribution in [3.63, 3.8) is 0 Å². The Bertz CT molecular complexity index is 132. The zero-order chi connectivity index (χ0) is 7.68. The van der Waals surface area contributed by atoms with Crippen LogP contribution in [0.5, 0.6) is 0 Å². The number of aliphatic hydroxyl groups is 1. The van der Waals surface area contributed by atoms with E-state index in [1.807, 2.05) is 0 Å². The molecule has 64 valence electrons. The van der Waals surface area contributed by atoms with Crippen LogP contribution in [0.25, 0.3) is 0 Å². The lowest BCUT2D eigenvalue weighted by molar-refractivity contribution is 0.114. The molecule has 0 radical (unpaired) electrons. The van der Waals surface area contributed by atoms with Crippen LogP contribution in [-0.2, 0) is 0 Å². The van der Waals surface area contributed by atoms with Crippen molar-refractivity contribution in [2.75, 3.05) is 6.54 Å². The quantitative estimate of drug-likeness (QED) is 0.589. The van der Waals surface area contributed by atoms with E-state index in [4.69, 9.17) is 0 Å². The number of hydrogen-bond acceptors (Lipinski definition) is 2. The Hall–Kier alpha value is -0.0800. The van der Waals surface area contributed by atoms with Gasteiger partial charge in [-0.2, -0.15) is 0 Å². The van der Waals surface area contributed by atoms with Crippen molar-refractivity contribution in [2.45, 2.75) is 44.2 Å². The minimum Gasteiger partial charge on any atom is -0.393 e. The maximum Gasteiger partial charge on any atom is 0.0583 e. The highest BCUT2D eigenvalue weighted by Gasteiger charge is 2.33. The summed E-state index contributed by atoms with van der Waals surface area (Å²) in [7, 11) is 0. The van der Waals surface area contributed by atoms with E-state index >= 15 is 0 Å². The van der Waals surface area contributed by atoms with Gasteiger partial charge < -0.3 is 10.4 Å². The van der Waals surface area contributed by atoms with E-state index in [2.05, 4.69) is 5.32 Å². The third kappa shape index (κ3) is 1.42. The van der Waals surface area contributed by atoms with Gasteiger partial charge in [0.1, 0.15) is 0 Å². The van der Waals surface area contributed by atoms with Crippen molar-refractivity contribution in [1.29, 1.82) is 0 Å². The van der Waals surface area contributed by atoms with Crippen molar-refractivity contribution >= 4 is 0 Å². The third-order valence-corrected chi connectivity index (χ3v) is 3.15. The van der Waals surface area contributed by atoms with Gasteiger partial charge in [-0.05, 0) is 32.2 Å². The van der Waals surface area contributed by atoms with Crippen LogP contribution in [0.2, 0.25) is 0 Å². The summed E-state index contributed by atoms with van der Waals surface area (Å²) < 4.78 is 0. The number of rotatable bonds is 1. The Morgan fingerprint density at radius 1 is 1.09 bits per heavy atom. The van der Waals surface area contributed by atoms with Crippen LogP contribution in [0.3, 0.4) is 0 Å². The molecule has 1 heterocycles. The van der Waals surface area contributed by atoms with Crippen LogP contribution in [0, 0.1) is 5.92 Å². The second-order valence-electron chi connectivity index (χ2n) is 3.86. The van der Waals surface area contributed by atoms with Crippen LogP contribution in [-0.4, -0.2) is 23.8 Å². The number of hydrogen-bond donors (Lipinski definition) is 2. The molecular formula is C9H17NO. The molecular weight excluding hydrogens is 138 g/mol. The van der Waals surface area contributed by atoms with E-state index in [0.29, 0.717) is 12.0 Å². The van der Waals surface area contributed by atoms with E-state index in [-0.39, 0.29) is 6.10 Å². The average molecular weight is 155 g/mol. The summed E-state index contributed by atoms with van der Waals surface area (Å²) in [5, 5.41) is 13.1. The van der Waals surface area contributed by atoms with Crippen molar-refractivity contribution in [1.82, 2.24) is 5.32 Å². The molecule has 0 aromatic rings. The van der Waals surface area contributed by atoms with Gasteiger partial charge >= 0.3 is 0 Å². The monoisotopic (exact) mass is 155 g/mol. The van der Waals surface area contributed by atoms with Gasteiger partial charge in [-0.3, -0.25) is 0 Å². The molecule has 1 aliphatic carbocycles. The highest BCUT2D eigenvalue weighted by Crippen LogP contribution is 2.31. The topological polar surface area (TPSA) is 32.3 Å². The normalized spacial score (nSPS) is 45.0. The molecule has 2 heteroatoms. The first-order chi connectivity index (χ1) is 5.38. The molecule has 1 aliphatic heterocycles. The fraction of sp³-hybridized carbons (Fsp3) is 1.00. The molecule has 2 N–H and O–H groups in total. The molecule has 3 atom stereocenters. The molecule has 0 aromatic heterocycles. The smallest absolute Gasteiger partial charge is 0.0583 e. The average Bonchev–Trinajstić information content (AvgIpc) is 2.55. The molecule has 1 saturated heterocycles. The molecule has 0 bridgehead atoms. The van der Waals surface area contributed by atoms with Crippen LogP contribution in [0.4, 0.5) is 0 Å². The Labute approximate surface area is 68.0 Å². The molecule has 0 amide bonds. The second kappa shape index (κ2) is 3.11. The zero-order valence-corrected chi connectivity index (χ0v) is 6.92. The summed E-state index contributed by atoms with van der Waals surface area (Å²) in [6.45, 7) is 1.16. The van der Waals surface area contributed by atoms with Gasteiger partial charge in [-0.15, -0.1) is 0 Å². The predicted octanol–water partition coefficient (Wildman–Crippen LogP) is 0.899. The molecule has 1 saturated carbocycles. The Morgan fingerprint density at radius 2 is 2.00 bits per heavy atom. The maximum absolute atomic E-state index is 9.61. The SMILES string of the molecule is OC1CCCC1C1CCCN1. The van der Waals surface area contributed by atoms with Gasteiger partial charge in [0, 0.05) is 12.0 Å². The van der Waals surface area contributed by atoms with E-state index in [1.165, 1.54) is 25.7 Å². The Balaban J connectivity index is 1.92. The lowest BCUT2D eigenvalue weighted by Crippen LogP contribution is -2.34. The standard InChI is InChI=1S/C9H17NO/c11-9-5-1-3-7(9)8-4-2-6-10-8/h7-11H,1-6H2. The molecule has 0 spiro atoms. The van der Waals surface area contributed by atoms with Crippen molar-refractivity contribution in [3.8, 4) is 0 Å². The van der Waals surface area contributed by atoms with Crippen LogP contribution in [0.15, 0.2) is 0 Å². The summed E-state index contributed by atoms with van der Waals surface area (Å²) >= 11 is 0. The van der Waals surface area contributed by atoms with Gasteiger partial charge in [0.05, 0.1) is 6.10 Å². The van der Waals surface area contributed by atoms with Gasteiger partial charge in [-0.1, -0.05) is 6.42 Å². The fourth-order valence-electron chi connectivity index (χ4n) is 2.52. The highest BCUT2D eigenvalue weighted by atomic mass is 16.3. The Morgan fingerprint density at radius 3 is 2.55 bits per heavy atom. The molecule has 3 unspecified atom stereocenters. The highest BCUT2D eigenvalue weighted by molar-refractivity contribution is 4.89. The van der Waals surface area contributed by atoms with Crippen molar-refractivity contribution in [3.05, 3.63) is 0 Å². The van der Waals surface area contributed by atoms with E-state index in [1.54, 1.807) is 0 Å². The van der Waals surface area contributed by atoms with Crippen molar-refractivity contribution < 1.29 is 5.11 Å². The van der Waals surface area contributed by atoms with Gasteiger partial charge in [-0.25, -0.2) is 0 Å². The first kappa shape index (κ1) is 7.56. The predicted molar refractivity (Wildman–Crippen MR) is 44.4 cm³/mol. The molecule has 2 aliphatic rings. The maximum atomic E-state index is 9.61. The number of aliphatic hydroxyl groups excluding tert-OH is 1. The van der Waals surface area contributed by atoms with Crippen LogP contribution in [0.1, 0.15) is 32.1 Å². The van der Waals surface area contributed by atoms with E-state index < -0.39 is 0 Å². The zero-order valence-electron chi connectivity index (χ0n) is 6.92. The van der Waals surface area contributed by atoms with E-state index in [9.17, 15) is 5.11 Å². The lowest BCUT2D eigenvalue weighted by atomic mass is 9.95. The molecule has 2 fully saturated rings. The first-order valence-corrected chi connectivity index (χ1v) is 4.79. The van der Waals surface area contributed by atoms with E-state index in [0.717, 1.165) is 13.0 Å². The largest absolute Gasteiger partial charge is 0.393 e. The van der Waals surface area contributed by atoms with Crippen LogP contribution < -0.4 is 5.32 Å². The van der Waals surface area contributed by atoms with Gasteiger partial charge in [0.2, 0.25) is 0 Å². The minimum atomic E-state index is -0.00870. The second-order valence-corrected chi connectivity index (χ2v) is 3.86. The minimum absolute atomic E-state index is 0.00870. The van der Waals surface area contributed by atoms with Gasteiger partial charge in [0.25, 0.3) is 0 Å². The first-order valence-electron chi connectivity index (χ1n) is 4.79.